The van der Waals surface area contributed by atoms with Gasteiger partial charge in [0.2, 0.25) is 0 Å². The van der Waals surface area contributed by atoms with E-state index in [0.717, 1.165) is 18.7 Å². The monoisotopic (exact) mass is 243 g/mol. The molecule has 0 aromatic heterocycles. The zero-order chi connectivity index (χ0) is 12.8. The molecule has 96 valence electrons. The van der Waals surface area contributed by atoms with Crippen LogP contribution in [0.5, 0.6) is 0 Å². The Hall–Kier alpha value is -1.37. The first-order valence-corrected chi connectivity index (χ1v) is 6.69. The average molecular weight is 243 g/mol. The Morgan fingerprint density at radius 2 is 2.11 bits per heavy atom. The first-order valence-electron chi connectivity index (χ1n) is 6.69. The number of nitriles is 1. The standard InChI is InChI=1S/C15H21N3/c1-18-9-3-2-4-15(18)12-17-11-14-7-5-13(10-16)6-8-14/h5-8,15,17H,2-4,9,11-12H2,1H3. The fourth-order valence-electron chi connectivity index (χ4n) is 2.48. The van der Waals surface area contributed by atoms with Gasteiger partial charge >= 0.3 is 0 Å². The minimum Gasteiger partial charge on any atom is -0.311 e. The average Bonchev–Trinajstić information content (AvgIpc) is 2.42. The Morgan fingerprint density at radius 3 is 2.78 bits per heavy atom. The number of hydrogen-bond acceptors (Lipinski definition) is 3. The van der Waals surface area contributed by atoms with Gasteiger partial charge in [-0.25, -0.2) is 0 Å². The molecule has 0 saturated carbocycles. The maximum atomic E-state index is 8.73. The van der Waals surface area contributed by atoms with Crippen molar-refractivity contribution in [3.05, 3.63) is 35.4 Å². The van der Waals surface area contributed by atoms with Gasteiger partial charge in [-0.15, -0.1) is 0 Å². The van der Waals surface area contributed by atoms with E-state index in [-0.39, 0.29) is 0 Å². The van der Waals surface area contributed by atoms with Gasteiger partial charge in [-0.3, -0.25) is 0 Å². The summed E-state index contributed by atoms with van der Waals surface area (Å²) in [5.74, 6) is 0. The summed E-state index contributed by atoms with van der Waals surface area (Å²) in [4.78, 5) is 2.45. The molecule has 3 nitrogen and oxygen atoms in total. The van der Waals surface area contributed by atoms with Gasteiger partial charge in [0, 0.05) is 19.1 Å². The molecule has 1 aliphatic heterocycles. The van der Waals surface area contributed by atoms with Crippen LogP contribution in [0.2, 0.25) is 0 Å². The van der Waals surface area contributed by atoms with Crippen LogP contribution in [-0.4, -0.2) is 31.1 Å². The Labute approximate surface area is 109 Å². The van der Waals surface area contributed by atoms with Crippen molar-refractivity contribution in [2.75, 3.05) is 20.1 Å². The fourth-order valence-corrected chi connectivity index (χ4v) is 2.48. The third kappa shape index (κ3) is 3.56. The molecule has 2 rings (SSSR count). The van der Waals surface area contributed by atoms with Crippen molar-refractivity contribution in [2.45, 2.75) is 31.8 Å². The maximum Gasteiger partial charge on any atom is 0.0991 e. The molecule has 1 fully saturated rings. The van der Waals surface area contributed by atoms with Crippen molar-refractivity contribution in [3.8, 4) is 6.07 Å². The van der Waals surface area contributed by atoms with Gasteiger partial charge < -0.3 is 10.2 Å². The highest BCUT2D eigenvalue weighted by Gasteiger charge is 2.17. The van der Waals surface area contributed by atoms with E-state index in [4.69, 9.17) is 5.26 Å². The van der Waals surface area contributed by atoms with Crippen LogP contribution in [-0.2, 0) is 6.54 Å². The van der Waals surface area contributed by atoms with Crippen molar-refractivity contribution >= 4 is 0 Å². The molecule has 1 N–H and O–H groups in total. The first-order chi connectivity index (χ1) is 8.79. The van der Waals surface area contributed by atoms with E-state index in [2.05, 4.69) is 23.3 Å². The van der Waals surface area contributed by atoms with E-state index in [1.54, 1.807) is 0 Å². The molecule has 1 saturated heterocycles. The van der Waals surface area contributed by atoms with Crippen LogP contribution < -0.4 is 5.32 Å². The van der Waals surface area contributed by atoms with Gasteiger partial charge in [-0.2, -0.15) is 5.26 Å². The molecule has 1 unspecified atom stereocenters. The summed E-state index contributed by atoms with van der Waals surface area (Å²) < 4.78 is 0. The number of piperidine rings is 1. The summed E-state index contributed by atoms with van der Waals surface area (Å²) in [5.41, 5.74) is 1.97. The summed E-state index contributed by atoms with van der Waals surface area (Å²) in [5, 5.41) is 12.2. The zero-order valence-corrected chi connectivity index (χ0v) is 11.0. The van der Waals surface area contributed by atoms with E-state index in [0.29, 0.717) is 6.04 Å². The summed E-state index contributed by atoms with van der Waals surface area (Å²) >= 11 is 0. The minimum atomic E-state index is 0.678. The number of likely N-dealkylation sites (N-methyl/N-ethyl adjacent to an activating group) is 1. The van der Waals surface area contributed by atoms with Crippen LogP contribution in [0.3, 0.4) is 0 Å². The highest BCUT2D eigenvalue weighted by atomic mass is 15.2. The van der Waals surface area contributed by atoms with Gasteiger partial charge in [0.15, 0.2) is 0 Å². The molecule has 1 aromatic carbocycles. The lowest BCUT2D eigenvalue weighted by molar-refractivity contribution is 0.181. The molecule has 1 aromatic rings. The summed E-state index contributed by atoms with van der Waals surface area (Å²) in [6.45, 7) is 3.16. The van der Waals surface area contributed by atoms with Crippen molar-refractivity contribution < 1.29 is 0 Å². The van der Waals surface area contributed by atoms with Crippen molar-refractivity contribution in [2.24, 2.45) is 0 Å². The van der Waals surface area contributed by atoms with E-state index in [1.165, 1.54) is 31.4 Å². The molecule has 0 aliphatic carbocycles. The van der Waals surface area contributed by atoms with Crippen molar-refractivity contribution in [1.82, 2.24) is 10.2 Å². The second kappa shape index (κ2) is 6.53. The molecule has 1 aliphatic rings. The minimum absolute atomic E-state index is 0.678. The predicted octanol–water partition coefficient (Wildman–Crippen LogP) is 2.13. The second-order valence-corrected chi connectivity index (χ2v) is 5.07. The summed E-state index contributed by atoms with van der Waals surface area (Å²) in [6.07, 6.45) is 3.99. The van der Waals surface area contributed by atoms with Crippen LogP contribution in [0.15, 0.2) is 24.3 Å². The fraction of sp³-hybridized carbons (Fsp3) is 0.533. The molecule has 1 atom stereocenters. The smallest absolute Gasteiger partial charge is 0.0991 e. The maximum absolute atomic E-state index is 8.73. The molecule has 0 radical (unpaired) electrons. The zero-order valence-electron chi connectivity index (χ0n) is 11.0. The molecule has 0 amide bonds. The third-order valence-electron chi connectivity index (χ3n) is 3.71. The van der Waals surface area contributed by atoms with Gasteiger partial charge in [-0.1, -0.05) is 18.6 Å². The van der Waals surface area contributed by atoms with Crippen LogP contribution in [0.25, 0.3) is 0 Å². The lowest BCUT2D eigenvalue weighted by atomic mass is 10.0. The van der Waals surface area contributed by atoms with Crippen LogP contribution >= 0.6 is 0 Å². The molecule has 1 heterocycles. The lowest BCUT2D eigenvalue weighted by Gasteiger charge is -2.32. The van der Waals surface area contributed by atoms with Crippen molar-refractivity contribution in [3.63, 3.8) is 0 Å². The number of nitrogens with one attached hydrogen (secondary N) is 1. The second-order valence-electron chi connectivity index (χ2n) is 5.07. The van der Waals surface area contributed by atoms with Gasteiger partial charge in [-0.05, 0) is 44.1 Å². The van der Waals surface area contributed by atoms with E-state index in [1.807, 2.05) is 24.3 Å². The molecular weight excluding hydrogens is 222 g/mol. The van der Waals surface area contributed by atoms with Crippen LogP contribution in [0.1, 0.15) is 30.4 Å². The Kier molecular flexibility index (Phi) is 4.74. The van der Waals surface area contributed by atoms with Gasteiger partial charge in [0.1, 0.15) is 0 Å². The van der Waals surface area contributed by atoms with E-state index >= 15 is 0 Å². The largest absolute Gasteiger partial charge is 0.311 e. The topological polar surface area (TPSA) is 39.1 Å². The van der Waals surface area contributed by atoms with Crippen LogP contribution in [0, 0.1) is 11.3 Å². The lowest BCUT2D eigenvalue weighted by Crippen LogP contribution is -2.42. The Balaban J connectivity index is 1.75. The molecular formula is C15H21N3. The number of rotatable bonds is 4. The SMILES string of the molecule is CN1CCCCC1CNCc1ccc(C#N)cc1. The highest BCUT2D eigenvalue weighted by molar-refractivity contribution is 5.31. The van der Waals surface area contributed by atoms with E-state index < -0.39 is 0 Å². The number of nitrogens with zero attached hydrogens (tertiary/aromatic N) is 2. The van der Waals surface area contributed by atoms with Crippen LogP contribution in [0.4, 0.5) is 0 Å². The molecule has 0 spiro atoms. The van der Waals surface area contributed by atoms with Crippen molar-refractivity contribution in [1.29, 1.82) is 5.26 Å². The quantitative estimate of drug-likeness (QED) is 0.880. The number of benzene rings is 1. The van der Waals surface area contributed by atoms with E-state index in [9.17, 15) is 0 Å². The highest BCUT2D eigenvalue weighted by Crippen LogP contribution is 2.14. The Bertz CT molecular complexity index is 405. The summed E-state index contributed by atoms with van der Waals surface area (Å²) in [6, 6.07) is 10.6. The Morgan fingerprint density at radius 1 is 1.33 bits per heavy atom. The number of hydrogen-bond donors (Lipinski definition) is 1. The third-order valence-corrected chi connectivity index (χ3v) is 3.71. The summed E-state index contributed by atoms with van der Waals surface area (Å²) in [7, 11) is 2.22. The predicted molar refractivity (Wildman–Crippen MR) is 73.1 cm³/mol. The normalized spacial score (nSPS) is 20.6. The van der Waals surface area contributed by atoms with Gasteiger partial charge in [0.25, 0.3) is 0 Å². The molecule has 3 heteroatoms. The first kappa shape index (κ1) is 13.1. The number of likely N-dealkylation sites (tertiary alicyclic amines) is 1. The van der Waals surface area contributed by atoms with Gasteiger partial charge in [0.05, 0.1) is 11.6 Å². The molecule has 18 heavy (non-hydrogen) atoms. The molecule has 0 bridgehead atoms.